The number of hydrogen-bond acceptors (Lipinski definition) is 1. The van der Waals surface area contributed by atoms with Crippen molar-refractivity contribution in [2.24, 2.45) is 0 Å². The molecule has 1 aromatic carbocycles. The van der Waals surface area contributed by atoms with E-state index in [1.54, 1.807) is 0 Å². The molecule has 0 saturated carbocycles. The van der Waals surface area contributed by atoms with Crippen molar-refractivity contribution in [3.8, 4) is 0 Å². The number of carbonyl (C=O) groups is 1. The van der Waals surface area contributed by atoms with Crippen molar-refractivity contribution < 1.29 is 13.7 Å². The van der Waals surface area contributed by atoms with E-state index in [-0.39, 0.29) is 17.8 Å². The third kappa shape index (κ3) is 4.11. The lowest BCUT2D eigenvalue weighted by Crippen LogP contribution is -2.59. The zero-order chi connectivity index (χ0) is 17.0. The maximum atomic E-state index is 13.5. The first-order valence-electron chi connectivity index (χ1n) is 8.79. The number of benzene rings is 1. The van der Waals surface area contributed by atoms with Crippen LogP contribution in [-0.4, -0.2) is 36.6 Å². The Morgan fingerprint density at radius 2 is 1.78 bits per heavy atom. The maximum Gasteiger partial charge on any atom is 0.282 e. The monoisotopic (exact) mass is 321 g/mol. The molecule has 1 fully saturated rings. The maximum absolute atomic E-state index is 13.5. The van der Waals surface area contributed by atoms with Crippen molar-refractivity contribution in [3.63, 3.8) is 0 Å². The second-order valence-corrected chi connectivity index (χ2v) is 7.20. The van der Waals surface area contributed by atoms with E-state index >= 15 is 0 Å². The summed E-state index contributed by atoms with van der Waals surface area (Å²) in [6, 6.07) is 2.94. The highest BCUT2D eigenvalue weighted by atomic mass is 19.1. The summed E-state index contributed by atoms with van der Waals surface area (Å²) in [5, 5.41) is 3.09. The average Bonchev–Trinajstić information content (AvgIpc) is 2.48. The number of anilines is 1. The summed E-state index contributed by atoms with van der Waals surface area (Å²) < 4.78 is 14.3. The third-order valence-electron chi connectivity index (χ3n) is 5.20. The lowest BCUT2D eigenvalue weighted by atomic mass is 10.00. The molecule has 1 N–H and O–H groups in total. The summed E-state index contributed by atoms with van der Waals surface area (Å²) in [5.74, 6) is -0.174. The number of nitrogens with zero attached hydrogens (tertiary/aromatic N) is 1. The fourth-order valence-electron chi connectivity index (χ4n) is 3.86. The summed E-state index contributed by atoms with van der Waals surface area (Å²) in [5.41, 5.74) is 2.33. The molecule has 4 heteroatoms. The summed E-state index contributed by atoms with van der Waals surface area (Å²) in [6.07, 6.45) is 5.54. The van der Waals surface area contributed by atoms with Gasteiger partial charge in [0.05, 0.1) is 20.1 Å². The summed E-state index contributed by atoms with van der Waals surface area (Å²) >= 11 is 0. The average molecular weight is 321 g/mol. The quantitative estimate of drug-likeness (QED) is 0.810. The SMILES string of the molecule is CCCC(C(=O)Nc1c(C)cc(F)cc1C)[N+]1(C)CCCCC1. The number of halogens is 1. The van der Waals surface area contributed by atoms with Crippen molar-refractivity contribution in [2.45, 2.75) is 58.9 Å². The Hall–Kier alpha value is -1.42. The normalized spacial score (nSPS) is 18.5. The first-order chi connectivity index (χ1) is 10.9. The summed E-state index contributed by atoms with van der Waals surface area (Å²) in [6.45, 7) is 7.96. The molecule has 23 heavy (non-hydrogen) atoms. The van der Waals surface area contributed by atoms with Crippen LogP contribution in [0.4, 0.5) is 10.1 Å². The van der Waals surface area contributed by atoms with Crippen LogP contribution in [0, 0.1) is 19.7 Å². The predicted octanol–water partition coefficient (Wildman–Crippen LogP) is 4.18. The number of aryl methyl sites for hydroxylation is 2. The molecular weight excluding hydrogens is 291 g/mol. The molecule has 0 aromatic heterocycles. The predicted molar refractivity (Wildman–Crippen MR) is 93.0 cm³/mol. The van der Waals surface area contributed by atoms with Gasteiger partial charge in [0.25, 0.3) is 5.91 Å². The lowest BCUT2D eigenvalue weighted by molar-refractivity contribution is -0.929. The van der Waals surface area contributed by atoms with Crippen molar-refractivity contribution in [1.82, 2.24) is 0 Å². The van der Waals surface area contributed by atoms with Gasteiger partial charge in [-0.25, -0.2) is 4.39 Å². The number of hydrogen-bond donors (Lipinski definition) is 1. The van der Waals surface area contributed by atoms with Gasteiger partial charge in [0.2, 0.25) is 0 Å². The second kappa shape index (κ2) is 7.43. The summed E-state index contributed by atoms with van der Waals surface area (Å²) in [4.78, 5) is 13.0. The number of nitrogens with one attached hydrogen (secondary N) is 1. The molecule has 128 valence electrons. The Balaban J connectivity index is 2.22. The number of rotatable bonds is 5. The molecule has 2 rings (SSSR count). The number of quaternary nitrogens is 1. The Labute approximate surface area is 139 Å². The molecule has 1 unspecified atom stereocenters. The molecule has 0 aliphatic carbocycles. The van der Waals surface area contributed by atoms with Crippen LogP contribution in [0.5, 0.6) is 0 Å². The lowest BCUT2D eigenvalue weighted by Gasteiger charge is -2.43. The van der Waals surface area contributed by atoms with Gasteiger partial charge >= 0.3 is 0 Å². The molecule has 1 saturated heterocycles. The Morgan fingerprint density at radius 3 is 2.30 bits per heavy atom. The molecule has 0 radical (unpaired) electrons. The topological polar surface area (TPSA) is 29.1 Å². The van der Waals surface area contributed by atoms with Crippen molar-refractivity contribution in [3.05, 3.63) is 29.1 Å². The number of likely N-dealkylation sites (N-methyl/N-ethyl adjacent to an activating group) is 1. The standard InChI is InChI=1S/C19H29FN2O/c1-5-9-17(22(4)10-7-6-8-11-22)19(23)21-18-14(2)12-16(20)13-15(18)3/h12-13,17H,5-11H2,1-4H3/p+1. The fraction of sp³-hybridized carbons (Fsp3) is 0.632. The van der Waals surface area contributed by atoms with Crippen molar-refractivity contribution >= 4 is 11.6 Å². The van der Waals surface area contributed by atoms with E-state index < -0.39 is 0 Å². The Kier molecular flexibility index (Phi) is 5.79. The van der Waals surface area contributed by atoms with Crippen LogP contribution in [-0.2, 0) is 4.79 Å². The van der Waals surface area contributed by atoms with E-state index in [0.717, 1.165) is 47.2 Å². The van der Waals surface area contributed by atoms with Gasteiger partial charge in [-0.1, -0.05) is 6.92 Å². The van der Waals surface area contributed by atoms with Gasteiger partial charge in [-0.3, -0.25) is 4.79 Å². The van der Waals surface area contributed by atoms with Gasteiger partial charge < -0.3 is 9.80 Å². The van der Waals surface area contributed by atoms with E-state index in [4.69, 9.17) is 0 Å². The van der Waals surface area contributed by atoms with Crippen molar-refractivity contribution in [1.29, 1.82) is 0 Å². The number of amides is 1. The first kappa shape index (κ1) is 17.9. The number of carbonyl (C=O) groups excluding carboxylic acids is 1. The molecule has 1 atom stereocenters. The van der Waals surface area contributed by atoms with Gasteiger partial charge in [0.1, 0.15) is 5.82 Å². The molecule has 3 nitrogen and oxygen atoms in total. The molecule has 0 spiro atoms. The molecule has 1 amide bonds. The zero-order valence-electron chi connectivity index (χ0n) is 14.9. The number of likely N-dealkylation sites (tertiary alicyclic amines) is 1. The van der Waals surface area contributed by atoms with Crippen LogP contribution in [0.2, 0.25) is 0 Å². The first-order valence-corrected chi connectivity index (χ1v) is 8.79. The molecule has 1 aliphatic rings. The minimum Gasteiger partial charge on any atom is -0.320 e. The minimum atomic E-state index is -0.252. The summed E-state index contributed by atoms with van der Waals surface area (Å²) in [7, 11) is 2.21. The van der Waals surface area contributed by atoms with E-state index in [1.165, 1.54) is 31.4 Å². The molecule has 0 bridgehead atoms. The highest BCUT2D eigenvalue weighted by Gasteiger charge is 2.38. The largest absolute Gasteiger partial charge is 0.320 e. The smallest absolute Gasteiger partial charge is 0.282 e. The van der Waals surface area contributed by atoms with Crippen LogP contribution < -0.4 is 5.32 Å². The Bertz CT molecular complexity index is 541. The third-order valence-corrected chi connectivity index (χ3v) is 5.20. The van der Waals surface area contributed by atoms with Gasteiger partial charge in [-0.05, 0) is 62.8 Å². The van der Waals surface area contributed by atoms with Gasteiger partial charge in [-0.2, -0.15) is 0 Å². The van der Waals surface area contributed by atoms with E-state index in [2.05, 4.69) is 19.3 Å². The highest BCUT2D eigenvalue weighted by molar-refractivity contribution is 5.95. The van der Waals surface area contributed by atoms with Crippen LogP contribution in [0.15, 0.2) is 12.1 Å². The number of piperidine rings is 1. The Morgan fingerprint density at radius 1 is 1.22 bits per heavy atom. The van der Waals surface area contributed by atoms with E-state index in [1.807, 2.05) is 13.8 Å². The highest BCUT2D eigenvalue weighted by Crippen LogP contribution is 2.26. The molecule has 1 heterocycles. The van der Waals surface area contributed by atoms with Crippen molar-refractivity contribution in [2.75, 3.05) is 25.5 Å². The van der Waals surface area contributed by atoms with E-state index in [0.29, 0.717) is 0 Å². The fourth-order valence-corrected chi connectivity index (χ4v) is 3.86. The van der Waals surface area contributed by atoms with Crippen LogP contribution >= 0.6 is 0 Å². The molecule has 1 aromatic rings. The van der Waals surface area contributed by atoms with Crippen LogP contribution in [0.3, 0.4) is 0 Å². The van der Waals surface area contributed by atoms with Gasteiger partial charge in [-0.15, -0.1) is 0 Å². The van der Waals surface area contributed by atoms with Crippen LogP contribution in [0.1, 0.15) is 50.2 Å². The second-order valence-electron chi connectivity index (χ2n) is 7.20. The van der Waals surface area contributed by atoms with E-state index in [9.17, 15) is 9.18 Å². The molecular formula is C19H30FN2O+. The van der Waals surface area contributed by atoms with Gasteiger partial charge in [0.15, 0.2) is 6.04 Å². The molecule has 1 aliphatic heterocycles. The minimum absolute atomic E-state index is 0.0239. The van der Waals surface area contributed by atoms with Gasteiger partial charge in [0, 0.05) is 12.1 Å². The van der Waals surface area contributed by atoms with Crippen LogP contribution in [0.25, 0.3) is 0 Å². The zero-order valence-corrected chi connectivity index (χ0v) is 14.9.